The first kappa shape index (κ1) is 11.0. The number of aryl methyl sites for hydroxylation is 1. The van der Waals surface area contributed by atoms with Crippen LogP contribution in [0.15, 0.2) is 18.3 Å². The van der Waals surface area contributed by atoms with Crippen LogP contribution in [0.3, 0.4) is 0 Å². The van der Waals surface area contributed by atoms with Crippen molar-refractivity contribution in [3.05, 3.63) is 23.9 Å². The predicted molar refractivity (Wildman–Crippen MR) is 60.8 cm³/mol. The molecule has 1 rings (SSSR count). The first-order valence-corrected chi connectivity index (χ1v) is 4.88. The highest BCUT2D eigenvalue weighted by Gasteiger charge is 2.01. The van der Waals surface area contributed by atoms with Crippen LogP contribution in [0.4, 0.5) is 5.82 Å². The summed E-state index contributed by atoms with van der Waals surface area (Å²) in [6.45, 7) is 4.10. The van der Waals surface area contributed by atoms with Gasteiger partial charge < -0.3 is 9.80 Å². The van der Waals surface area contributed by atoms with E-state index < -0.39 is 0 Å². The molecule has 0 amide bonds. The number of pyridine rings is 1. The van der Waals surface area contributed by atoms with Crippen LogP contribution < -0.4 is 4.90 Å². The minimum Gasteiger partial charge on any atom is -0.358 e. The summed E-state index contributed by atoms with van der Waals surface area (Å²) in [5, 5.41) is 0. The van der Waals surface area contributed by atoms with E-state index in [0.29, 0.717) is 0 Å². The fraction of sp³-hybridized carbons (Fsp3) is 0.545. The van der Waals surface area contributed by atoms with E-state index in [1.807, 2.05) is 6.20 Å². The highest BCUT2D eigenvalue weighted by atomic mass is 15.2. The molecule has 0 N–H and O–H groups in total. The lowest BCUT2D eigenvalue weighted by Gasteiger charge is -2.20. The second-order valence-corrected chi connectivity index (χ2v) is 3.92. The number of aromatic nitrogens is 1. The summed E-state index contributed by atoms with van der Waals surface area (Å²) in [6, 6.07) is 4.15. The van der Waals surface area contributed by atoms with Crippen molar-refractivity contribution in [2.75, 3.05) is 39.1 Å². The molecule has 0 saturated carbocycles. The molecule has 0 bridgehead atoms. The SMILES string of the molecule is Cc1ccc(N(C)CCN(C)C)nc1. The molecule has 78 valence electrons. The van der Waals surface area contributed by atoms with Crippen molar-refractivity contribution in [2.45, 2.75) is 6.92 Å². The molecule has 0 fully saturated rings. The molecule has 1 aromatic rings. The largest absolute Gasteiger partial charge is 0.358 e. The van der Waals surface area contributed by atoms with Crippen LogP contribution in [-0.2, 0) is 0 Å². The van der Waals surface area contributed by atoms with Gasteiger partial charge in [-0.2, -0.15) is 0 Å². The van der Waals surface area contributed by atoms with Crippen molar-refractivity contribution < 1.29 is 0 Å². The molecular formula is C11H19N3. The molecule has 3 nitrogen and oxygen atoms in total. The number of nitrogens with zero attached hydrogens (tertiary/aromatic N) is 3. The maximum atomic E-state index is 4.36. The Balaban J connectivity index is 2.52. The maximum Gasteiger partial charge on any atom is 0.128 e. The van der Waals surface area contributed by atoms with E-state index >= 15 is 0 Å². The van der Waals surface area contributed by atoms with Gasteiger partial charge in [0.2, 0.25) is 0 Å². The van der Waals surface area contributed by atoms with Crippen molar-refractivity contribution in [1.82, 2.24) is 9.88 Å². The molecule has 0 aliphatic heterocycles. The van der Waals surface area contributed by atoms with Crippen molar-refractivity contribution in [1.29, 1.82) is 0 Å². The van der Waals surface area contributed by atoms with Gasteiger partial charge in [-0.05, 0) is 32.6 Å². The molecule has 1 aromatic heterocycles. The molecule has 0 unspecified atom stereocenters. The smallest absolute Gasteiger partial charge is 0.128 e. The quantitative estimate of drug-likeness (QED) is 0.720. The Morgan fingerprint density at radius 2 is 1.86 bits per heavy atom. The second-order valence-electron chi connectivity index (χ2n) is 3.92. The van der Waals surface area contributed by atoms with Crippen molar-refractivity contribution in [2.24, 2.45) is 0 Å². The zero-order valence-electron chi connectivity index (χ0n) is 9.49. The van der Waals surface area contributed by atoms with E-state index in [4.69, 9.17) is 0 Å². The molecule has 0 aliphatic carbocycles. The van der Waals surface area contributed by atoms with Crippen LogP contribution in [0.1, 0.15) is 5.56 Å². The third kappa shape index (κ3) is 3.34. The van der Waals surface area contributed by atoms with Crippen LogP contribution in [0, 0.1) is 6.92 Å². The zero-order chi connectivity index (χ0) is 10.6. The highest BCUT2D eigenvalue weighted by Crippen LogP contribution is 2.08. The van der Waals surface area contributed by atoms with E-state index in [-0.39, 0.29) is 0 Å². The first-order valence-electron chi connectivity index (χ1n) is 4.88. The molecule has 0 aromatic carbocycles. The summed E-state index contributed by atoms with van der Waals surface area (Å²) in [4.78, 5) is 8.70. The lowest BCUT2D eigenvalue weighted by atomic mass is 10.3. The Bertz CT molecular complexity index is 266. The molecule has 1 heterocycles. The Morgan fingerprint density at radius 3 is 2.36 bits per heavy atom. The van der Waals surface area contributed by atoms with Crippen LogP contribution >= 0.6 is 0 Å². The monoisotopic (exact) mass is 193 g/mol. The minimum atomic E-state index is 1.00. The molecule has 0 spiro atoms. The summed E-state index contributed by atoms with van der Waals surface area (Å²) in [6.07, 6.45) is 1.90. The van der Waals surface area contributed by atoms with Gasteiger partial charge in [0.1, 0.15) is 5.82 Å². The van der Waals surface area contributed by atoms with Crippen LogP contribution in [0.2, 0.25) is 0 Å². The number of likely N-dealkylation sites (N-methyl/N-ethyl adjacent to an activating group) is 2. The normalized spacial score (nSPS) is 10.6. The Labute approximate surface area is 86.4 Å². The average molecular weight is 193 g/mol. The van der Waals surface area contributed by atoms with Crippen LogP contribution in [-0.4, -0.2) is 44.1 Å². The number of hydrogen-bond donors (Lipinski definition) is 0. The van der Waals surface area contributed by atoms with Gasteiger partial charge in [-0.3, -0.25) is 0 Å². The fourth-order valence-corrected chi connectivity index (χ4v) is 1.15. The van der Waals surface area contributed by atoms with Gasteiger partial charge in [-0.1, -0.05) is 6.07 Å². The summed E-state index contributed by atoms with van der Waals surface area (Å²) < 4.78 is 0. The van der Waals surface area contributed by atoms with Gasteiger partial charge in [-0.15, -0.1) is 0 Å². The number of rotatable bonds is 4. The Kier molecular flexibility index (Phi) is 3.89. The summed E-state index contributed by atoms with van der Waals surface area (Å²) in [7, 11) is 6.23. The van der Waals surface area contributed by atoms with E-state index in [1.54, 1.807) is 0 Å². The first-order chi connectivity index (χ1) is 6.59. The number of hydrogen-bond acceptors (Lipinski definition) is 3. The van der Waals surface area contributed by atoms with Crippen molar-refractivity contribution in [3.63, 3.8) is 0 Å². The average Bonchev–Trinajstić information content (AvgIpc) is 2.15. The maximum absolute atomic E-state index is 4.36. The molecular weight excluding hydrogens is 174 g/mol. The van der Waals surface area contributed by atoms with Gasteiger partial charge in [0.15, 0.2) is 0 Å². The van der Waals surface area contributed by atoms with Crippen LogP contribution in [0.5, 0.6) is 0 Å². The second kappa shape index (κ2) is 4.96. The summed E-state index contributed by atoms with van der Waals surface area (Å²) in [5.74, 6) is 1.04. The molecule has 0 radical (unpaired) electrons. The number of anilines is 1. The van der Waals surface area contributed by atoms with E-state index in [0.717, 1.165) is 18.9 Å². The van der Waals surface area contributed by atoms with Gasteiger partial charge in [-0.25, -0.2) is 4.98 Å². The summed E-state index contributed by atoms with van der Waals surface area (Å²) >= 11 is 0. The Hall–Kier alpha value is -1.09. The highest BCUT2D eigenvalue weighted by molar-refractivity contribution is 5.37. The van der Waals surface area contributed by atoms with Crippen LogP contribution in [0.25, 0.3) is 0 Å². The van der Waals surface area contributed by atoms with Gasteiger partial charge in [0.05, 0.1) is 0 Å². The van der Waals surface area contributed by atoms with Gasteiger partial charge in [0.25, 0.3) is 0 Å². The third-order valence-corrected chi connectivity index (χ3v) is 2.17. The third-order valence-electron chi connectivity index (χ3n) is 2.17. The molecule has 0 aliphatic rings. The molecule has 3 heteroatoms. The van der Waals surface area contributed by atoms with Crippen molar-refractivity contribution >= 4 is 5.82 Å². The summed E-state index contributed by atoms with van der Waals surface area (Å²) in [5.41, 5.74) is 1.20. The molecule has 0 atom stereocenters. The topological polar surface area (TPSA) is 19.4 Å². The Morgan fingerprint density at radius 1 is 1.14 bits per heavy atom. The lowest BCUT2D eigenvalue weighted by Crippen LogP contribution is -2.28. The van der Waals surface area contributed by atoms with Crippen molar-refractivity contribution in [3.8, 4) is 0 Å². The van der Waals surface area contributed by atoms with E-state index in [2.05, 4.69) is 55.0 Å². The zero-order valence-corrected chi connectivity index (χ0v) is 9.49. The van der Waals surface area contributed by atoms with Gasteiger partial charge >= 0.3 is 0 Å². The molecule has 0 saturated heterocycles. The fourth-order valence-electron chi connectivity index (χ4n) is 1.15. The standard InChI is InChI=1S/C11H19N3/c1-10-5-6-11(12-9-10)14(4)8-7-13(2)3/h5-6,9H,7-8H2,1-4H3. The predicted octanol–water partition coefficient (Wildman–Crippen LogP) is 1.39. The van der Waals surface area contributed by atoms with Gasteiger partial charge in [0, 0.05) is 26.3 Å². The molecule has 14 heavy (non-hydrogen) atoms. The minimum absolute atomic E-state index is 1.00. The van der Waals surface area contributed by atoms with E-state index in [9.17, 15) is 0 Å². The van der Waals surface area contributed by atoms with E-state index in [1.165, 1.54) is 5.56 Å². The lowest BCUT2D eigenvalue weighted by molar-refractivity contribution is 0.416.